The SMILES string of the molecule is COc1c(C(=O)OC(C)C)n(C2CCOC2)cc(C(=O)O)c1=O. The minimum atomic E-state index is -1.38. The molecule has 1 N–H and O–H groups in total. The largest absolute Gasteiger partial charge is 0.491 e. The molecular weight excluding hydrogens is 306 g/mol. The second kappa shape index (κ2) is 6.82. The Morgan fingerprint density at radius 1 is 1.43 bits per heavy atom. The van der Waals surface area contributed by atoms with Gasteiger partial charge in [0.1, 0.15) is 5.56 Å². The maximum atomic E-state index is 12.4. The van der Waals surface area contributed by atoms with Crippen LogP contribution in [0.4, 0.5) is 0 Å². The van der Waals surface area contributed by atoms with Crippen molar-refractivity contribution in [1.29, 1.82) is 0 Å². The van der Waals surface area contributed by atoms with E-state index < -0.39 is 29.0 Å². The Balaban J connectivity index is 2.69. The normalized spacial score (nSPS) is 17.3. The van der Waals surface area contributed by atoms with Crippen LogP contribution in [-0.4, -0.2) is 48.0 Å². The van der Waals surface area contributed by atoms with Crippen LogP contribution in [0.15, 0.2) is 11.0 Å². The number of methoxy groups -OCH3 is 1. The van der Waals surface area contributed by atoms with E-state index in [1.54, 1.807) is 13.8 Å². The van der Waals surface area contributed by atoms with Gasteiger partial charge in [0.05, 0.1) is 25.9 Å². The van der Waals surface area contributed by atoms with Crippen molar-refractivity contribution in [3.63, 3.8) is 0 Å². The summed E-state index contributed by atoms with van der Waals surface area (Å²) in [4.78, 5) is 36.0. The van der Waals surface area contributed by atoms with Crippen molar-refractivity contribution >= 4 is 11.9 Å². The molecule has 1 atom stereocenters. The van der Waals surface area contributed by atoms with Gasteiger partial charge in [0.15, 0.2) is 11.4 Å². The number of aromatic nitrogens is 1. The zero-order valence-electron chi connectivity index (χ0n) is 13.2. The van der Waals surface area contributed by atoms with Gasteiger partial charge in [-0.1, -0.05) is 0 Å². The van der Waals surface area contributed by atoms with E-state index in [1.807, 2.05) is 0 Å². The van der Waals surface area contributed by atoms with Gasteiger partial charge in [0.2, 0.25) is 5.43 Å². The predicted octanol–water partition coefficient (Wildman–Crippen LogP) is 1.08. The highest BCUT2D eigenvalue weighted by atomic mass is 16.5. The average molecular weight is 325 g/mol. The third-order valence-electron chi connectivity index (χ3n) is 3.46. The number of nitrogens with zero attached hydrogens (tertiary/aromatic N) is 1. The average Bonchev–Trinajstić information content (AvgIpc) is 2.99. The number of pyridine rings is 1. The summed E-state index contributed by atoms with van der Waals surface area (Å²) in [5.74, 6) is -2.45. The molecule has 1 aromatic heterocycles. The molecule has 0 aromatic carbocycles. The molecule has 8 nitrogen and oxygen atoms in total. The molecule has 2 heterocycles. The first kappa shape index (κ1) is 17.0. The molecule has 0 aliphatic carbocycles. The van der Waals surface area contributed by atoms with Gasteiger partial charge in [-0.2, -0.15) is 0 Å². The van der Waals surface area contributed by atoms with Crippen molar-refractivity contribution in [2.75, 3.05) is 20.3 Å². The number of carbonyl (C=O) groups excluding carboxylic acids is 1. The van der Waals surface area contributed by atoms with E-state index >= 15 is 0 Å². The summed E-state index contributed by atoms with van der Waals surface area (Å²) in [5.41, 5.74) is -1.41. The van der Waals surface area contributed by atoms with Crippen molar-refractivity contribution in [2.45, 2.75) is 32.4 Å². The topological polar surface area (TPSA) is 104 Å². The molecule has 0 saturated carbocycles. The van der Waals surface area contributed by atoms with Crippen LogP contribution in [0.1, 0.15) is 47.2 Å². The maximum absolute atomic E-state index is 12.4. The van der Waals surface area contributed by atoms with E-state index in [0.29, 0.717) is 19.6 Å². The Morgan fingerprint density at radius 2 is 2.13 bits per heavy atom. The second-order valence-corrected chi connectivity index (χ2v) is 5.44. The molecule has 1 aromatic rings. The van der Waals surface area contributed by atoms with Crippen LogP contribution in [0.25, 0.3) is 0 Å². The molecule has 0 amide bonds. The summed E-state index contributed by atoms with van der Waals surface area (Å²) < 4.78 is 16.9. The van der Waals surface area contributed by atoms with Gasteiger partial charge in [0, 0.05) is 12.8 Å². The van der Waals surface area contributed by atoms with E-state index in [0.717, 1.165) is 6.20 Å². The molecule has 1 aliphatic heterocycles. The minimum absolute atomic E-state index is 0.0910. The molecule has 1 unspecified atom stereocenters. The highest BCUT2D eigenvalue weighted by Crippen LogP contribution is 2.26. The fourth-order valence-electron chi connectivity index (χ4n) is 2.45. The lowest BCUT2D eigenvalue weighted by molar-refractivity contribution is 0.0354. The number of carboxylic acid groups (broad SMARTS) is 1. The molecule has 2 rings (SSSR count). The van der Waals surface area contributed by atoms with Crippen LogP contribution in [0.5, 0.6) is 5.75 Å². The van der Waals surface area contributed by atoms with Crippen LogP contribution in [0.2, 0.25) is 0 Å². The van der Waals surface area contributed by atoms with Crippen LogP contribution in [0, 0.1) is 0 Å². The number of hydrogen-bond acceptors (Lipinski definition) is 6. The van der Waals surface area contributed by atoms with E-state index in [-0.39, 0.29) is 17.5 Å². The number of esters is 1. The monoisotopic (exact) mass is 325 g/mol. The van der Waals surface area contributed by atoms with Crippen molar-refractivity contribution in [2.24, 2.45) is 0 Å². The van der Waals surface area contributed by atoms with Crippen LogP contribution in [0.3, 0.4) is 0 Å². The molecule has 0 bridgehead atoms. The third kappa shape index (κ3) is 3.37. The summed E-state index contributed by atoms with van der Waals surface area (Å²) in [7, 11) is 1.21. The van der Waals surface area contributed by atoms with Crippen molar-refractivity contribution in [3.05, 3.63) is 27.7 Å². The molecule has 1 aliphatic rings. The predicted molar refractivity (Wildman–Crippen MR) is 79.2 cm³/mol. The molecule has 1 saturated heterocycles. The number of aromatic carboxylic acids is 1. The summed E-state index contributed by atoms with van der Waals surface area (Å²) in [6.45, 7) is 4.15. The first-order valence-corrected chi connectivity index (χ1v) is 7.22. The van der Waals surface area contributed by atoms with Gasteiger partial charge >= 0.3 is 11.9 Å². The van der Waals surface area contributed by atoms with Gasteiger partial charge in [-0.3, -0.25) is 4.79 Å². The number of rotatable bonds is 5. The van der Waals surface area contributed by atoms with Crippen LogP contribution in [-0.2, 0) is 9.47 Å². The molecule has 0 spiro atoms. The lowest BCUT2D eigenvalue weighted by Gasteiger charge is -2.21. The van der Waals surface area contributed by atoms with Gasteiger partial charge in [-0.05, 0) is 20.3 Å². The first-order valence-electron chi connectivity index (χ1n) is 7.22. The van der Waals surface area contributed by atoms with E-state index in [4.69, 9.17) is 14.2 Å². The third-order valence-corrected chi connectivity index (χ3v) is 3.46. The van der Waals surface area contributed by atoms with Crippen molar-refractivity contribution in [3.8, 4) is 5.75 Å². The van der Waals surface area contributed by atoms with E-state index in [1.165, 1.54) is 11.7 Å². The van der Waals surface area contributed by atoms with Gasteiger partial charge in [0.25, 0.3) is 0 Å². The number of carbonyl (C=O) groups is 2. The summed E-state index contributed by atoms with van der Waals surface area (Å²) in [6.07, 6.45) is 1.35. The smallest absolute Gasteiger partial charge is 0.359 e. The zero-order chi connectivity index (χ0) is 17.1. The summed E-state index contributed by atoms with van der Waals surface area (Å²) in [5, 5.41) is 9.21. The quantitative estimate of drug-likeness (QED) is 0.808. The zero-order valence-corrected chi connectivity index (χ0v) is 13.2. The summed E-state index contributed by atoms with van der Waals surface area (Å²) in [6, 6.07) is -0.266. The van der Waals surface area contributed by atoms with E-state index in [9.17, 15) is 19.5 Å². The molecule has 126 valence electrons. The van der Waals surface area contributed by atoms with Gasteiger partial charge < -0.3 is 23.9 Å². The number of ether oxygens (including phenoxy) is 3. The first-order chi connectivity index (χ1) is 10.9. The molecule has 8 heteroatoms. The highest BCUT2D eigenvalue weighted by Gasteiger charge is 2.30. The Kier molecular flexibility index (Phi) is 5.05. The highest BCUT2D eigenvalue weighted by molar-refractivity contribution is 5.93. The van der Waals surface area contributed by atoms with Crippen molar-refractivity contribution < 1.29 is 28.9 Å². The fourth-order valence-corrected chi connectivity index (χ4v) is 2.45. The van der Waals surface area contributed by atoms with E-state index in [2.05, 4.69) is 0 Å². The molecular formula is C15H19NO7. The molecule has 23 heavy (non-hydrogen) atoms. The number of hydrogen-bond donors (Lipinski definition) is 1. The van der Waals surface area contributed by atoms with Gasteiger partial charge in [-0.15, -0.1) is 0 Å². The second-order valence-electron chi connectivity index (χ2n) is 5.44. The summed E-state index contributed by atoms with van der Waals surface area (Å²) >= 11 is 0. The van der Waals surface area contributed by atoms with Crippen LogP contribution >= 0.6 is 0 Å². The van der Waals surface area contributed by atoms with Crippen LogP contribution < -0.4 is 10.2 Å². The lowest BCUT2D eigenvalue weighted by Crippen LogP contribution is -2.29. The Morgan fingerprint density at radius 3 is 2.61 bits per heavy atom. The Bertz CT molecular complexity index is 671. The minimum Gasteiger partial charge on any atom is -0.491 e. The van der Waals surface area contributed by atoms with Gasteiger partial charge in [-0.25, -0.2) is 9.59 Å². The maximum Gasteiger partial charge on any atom is 0.359 e. The molecule has 0 radical (unpaired) electrons. The lowest BCUT2D eigenvalue weighted by atomic mass is 10.1. The fraction of sp³-hybridized carbons (Fsp3) is 0.533. The van der Waals surface area contributed by atoms with Crippen molar-refractivity contribution in [1.82, 2.24) is 4.57 Å². The Hall–Kier alpha value is -2.35. The molecule has 1 fully saturated rings. The standard InChI is InChI=1S/C15H19NO7/c1-8(2)23-15(20)11-13(21-3)12(17)10(14(18)19)6-16(11)9-4-5-22-7-9/h6,8-9H,4-5,7H2,1-3H3,(H,18,19). The Labute approximate surface area is 132 Å². The number of carboxylic acids is 1.